The molecule has 0 spiro atoms. The molecule has 1 aromatic carbocycles. The number of rotatable bonds is 5. The Morgan fingerprint density at radius 1 is 1.25 bits per heavy atom. The van der Waals surface area contributed by atoms with Crippen molar-refractivity contribution in [3.63, 3.8) is 0 Å². The second-order valence-electron chi connectivity index (χ2n) is 4.29. The third-order valence-corrected chi connectivity index (χ3v) is 4.08. The Morgan fingerprint density at radius 3 is 2.55 bits per heavy atom. The van der Waals surface area contributed by atoms with E-state index in [1.54, 1.807) is 12.4 Å². The molecular formula is C15H15ClN2OS. The van der Waals surface area contributed by atoms with Crippen LogP contribution in [0.4, 0.5) is 0 Å². The molecule has 0 saturated heterocycles. The summed E-state index contributed by atoms with van der Waals surface area (Å²) in [7, 11) is 0. The summed E-state index contributed by atoms with van der Waals surface area (Å²) in [6, 6.07) is 11.3. The number of nitrogens with one attached hydrogen (secondary N) is 1. The van der Waals surface area contributed by atoms with E-state index >= 15 is 0 Å². The highest BCUT2D eigenvalue weighted by Gasteiger charge is 2.13. The molecule has 0 aliphatic heterocycles. The lowest BCUT2D eigenvalue weighted by atomic mass is 10.2. The zero-order valence-electron chi connectivity index (χ0n) is 11.0. The predicted molar refractivity (Wildman–Crippen MR) is 82.9 cm³/mol. The minimum Gasteiger partial charge on any atom is -0.351 e. The molecule has 1 heterocycles. The van der Waals surface area contributed by atoms with Crippen LogP contribution in [-0.4, -0.2) is 16.1 Å². The second kappa shape index (κ2) is 7.31. The molecule has 0 unspecified atom stereocenters. The number of hydrogen-bond acceptors (Lipinski definition) is 3. The van der Waals surface area contributed by atoms with Crippen LogP contribution in [0.3, 0.4) is 0 Å². The molecule has 0 saturated carbocycles. The second-order valence-corrected chi connectivity index (χ2v) is 6.14. The Hall–Kier alpha value is -1.52. The molecule has 2 rings (SSSR count). The first-order chi connectivity index (χ1) is 9.65. The maximum atomic E-state index is 12.0. The van der Waals surface area contributed by atoms with Gasteiger partial charge in [0.2, 0.25) is 5.91 Å². The number of nitrogens with zero attached hydrogens (tertiary/aromatic N) is 1. The zero-order valence-corrected chi connectivity index (χ0v) is 12.6. The van der Waals surface area contributed by atoms with Crippen molar-refractivity contribution in [1.82, 2.24) is 10.3 Å². The van der Waals surface area contributed by atoms with Gasteiger partial charge in [0.15, 0.2) is 0 Å². The van der Waals surface area contributed by atoms with Crippen LogP contribution in [0.1, 0.15) is 12.5 Å². The Labute approximate surface area is 127 Å². The van der Waals surface area contributed by atoms with Gasteiger partial charge in [-0.1, -0.05) is 11.6 Å². The number of halogens is 1. The lowest BCUT2D eigenvalue weighted by Gasteiger charge is -2.12. The summed E-state index contributed by atoms with van der Waals surface area (Å²) in [5.74, 6) is 0.0155. The molecule has 3 nitrogen and oxygen atoms in total. The fourth-order valence-electron chi connectivity index (χ4n) is 1.60. The summed E-state index contributed by atoms with van der Waals surface area (Å²) in [6.07, 6.45) is 3.43. The number of hydrogen-bond donors (Lipinski definition) is 1. The fraction of sp³-hybridized carbons (Fsp3) is 0.200. The molecule has 104 valence electrons. The lowest BCUT2D eigenvalue weighted by Crippen LogP contribution is -2.30. The van der Waals surface area contributed by atoms with Gasteiger partial charge in [-0.2, -0.15) is 0 Å². The van der Waals surface area contributed by atoms with Crippen LogP contribution in [0.5, 0.6) is 0 Å². The molecular weight excluding hydrogens is 292 g/mol. The summed E-state index contributed by atoms with van der Waals surface area (Å²) in [6.45, 7) is 2.41. The molecule has 1 aromatic heterocycles. The van der Waals surface area contributed by atoms with Crippen molar-refractivity contribution < 1.29 is 4.79 Å². The van der Waals surface area contributed by atoms with E-state index in [9.17, 15) is 4.79 Å². The largest absolute Gasteiger partial charge is 0.351 e. The highest BCUT2D eigenvalue weighted by atomic mass is 35.5. The van der Waals surface area contributed by atoms with E-state index in [2.05, 4.69) is 10.3 Å². The summed E-state index contributed by atoms with van der Waals surface area (Å²) < 4.78 is 0. The van der Waals surface area contributed by atoms with Crippen molar-refractivity contribution in [2.24, 2.45) is 0 Å². The van der Waals surface area contributed by atoms with E-state index in [1.165, 1.54) is 11.8 Å². The van der Waals surface area contributed by atoms with Gasteiger partial charge in [-0.25, -0.2) is 0 Å². The van der Waals surface area contributed by atoms with Crippen molar-refractivity contribution in [1.29, 1.82) is 0 Å². The molecule has 5 heteroatoms. The first-order valence-electron chi connectivity index (χ1n) is 6.24. The predicted octanol–water partition coefficient (Wildman–Crippen LogP) is 3.53. The fourth-order valence-corrected chi connectivity index (χ4v) is 2.62. The topological polar surface area (TPSA) is 42.0 Å². The van der Waals surface area contributed by atoms with Crippen molar-refractivity contribution >= 4 is 29.3 Å². The quantitative estimate of drug-likeness (QED) is 0.859. The minimum atomic E-state index is -0.155. The number of carbonyl (C=O) groups is 1. The lowest BCUT2D eigenvalue weighted by molar-refractivity contribution is -0.120. The average Bonchev–Trinajstić information content (AvgIpc) is 2.48. The van der Waals surface area contributed by atoms with Crippen LogP contribution >= 0.6 is 23.4 Å². The van der Waals surface area contributed by atoms with Crippen molar-refractivity contribution in [3.05, 3.63) is 59.4 Å². The van der Waals surface area contributed by atoms with E-state index in [0.717, 1.165) is 10.5 Å². The maximum absolute atomic E-state index is 12.0. The van der Waals surface area contributed by atoms with Crippen LogP contribution < -0.4 is 5.32 Å². The standard InChI is InChI=1S/C15H15ClN2OS/c1-11(20-14-4-2-13(16)3-5-14)15(19)18-10-12-6-8-17-9-7-12/h2-9,11H,10H2,1H3,(H,18,19)/t11-/m1/s1. The van der Waals surface area contributed by atoms with Crippen LogP contribution in [0.2, 0.25) is 5.02 Å². The smallest absolute Gasteiger partial charge is 0.233 e. The van der Waals surface area contributed by atoms with Gasteiger partial charge in [-0.05, 0) is 48.9 Å². The normalized spacial score (nSPS) is 11.9. The third kappa shape index (κ3) is 4.54. The van der Waals surface area contributed by atoms with Crippen LogP contribution in [0.15, 0.2) is 53.7 Å². The summed E-state index contributed by atoms with van der Waals surface area (Å²) in [5.41, 5.74) is 1.04. The van der Waals surface area contributed by atoms with Crippen molar-refractivity contribution in [2.45, 2.75) is 23.6 Å². The molecule has 1 atom stereocenters. The summed E-state index contributed by atoms with van der Waals surface area (Å²) >= 11 is 7.35. The van der Waals surface area contributed by atoms with E-state index in [0.29, 0.717) is 11.6 Å². The monoisotopic (exact) mass is 306 g/mol. The van der Waals surface area contributed by atoms with Crippen molar-refractivity contribution in [3.8, 4) is 0 Å². The molecule has 2 aromatic rings. The van der Waals surface area contributed by atoms with E-state index in [-0.39, 0.29) is 11.2 Å². The van der Waals surface area contributed by atoms with Gasteiger partial charge < -0.3 is 5.32 Å². The van der Waals surface area contributed by atoms with Crippen molar-refractivity contribution in [2.75, 3.05) is 0 Å². The zero-order chi connectivity index (χ0) is 14.4. The Balaban J connectivity index is 1.84. The van der Waals surface area contributed by atoms with Crippen LogP contribution in [-0.2, 0) is 11.3 Å². The number of pyridine rings is 1. The maximum Gasteiger partial charge on any atom is 0.233 e. The SMILES string of the molecule is C[C@@H](Sc1ccc(Cl)cc1)C(=O)NCc1ccncc1. The van der Waals surface area contributed by atoms with Gasteiger partial charge in [0.25, 0.3) is 0 Å². The van der Waals surface area contributed by atoms with Crippen LogP contribution in [0, 0.1) is 0 Å². The van der Waals surface area contributed by atoms with Gasteiger partial charge in [0, 0.05) is 28.9 Å². The molecule has 0 fully saturated rings. The van der Waals surface area contributed by atoms with Gasteiger partial charge >= 0.3 is 0 Å². The number of benzene rings is 1. The first kappa shape index (κ1) is 14.9. The number of thioether (sulfide) groups is 1. The van der Waals surface area contributed by atoms with Gasteiger partial charge in [-0.3, -0.25) is 9.78 Å². The summed E-state index contributed by atoms with van der Waals surface area (Å²) in [4.78, 5) is 17.0. The number of carbonyl (C=O) groups excluding carboxylic acids is 1. The average molecular weight is 307 g/mol. The van der Waals surface area contributed by atoms with Gasteiger partial charge in [-0.15, -0.1) is 11.8 Å². The van der Waals surface area contributed by atoms with E-state index in [4.69, 9.17) is 11.6 Å². The minimum absolute atomic E-state index is 0.0155. The highest BCUT2D eigenvalue weighted by Crippen LogP contribution is 2.24. The summed E-state index contributed by atoms with van der Waals surface area (Å²) in [5, 5.41) is 3.46. The molecule has 1 N–H and O–H groups in total. The first-order valence-corrected chi connectivity index (χ1v) is 7.50. The number of amides is 1. The Kier molecular flexibility index (Phi) is 5.44. The number of aromatic nitrogens is 1. The molecule has 0 radical (unpaired) electrons. The Morgan fingerprint density at radius 2 is 1.90 bits per heavy atom. The molecule has 20 heavy (non-hydrogen) atoms. The molecule has 0 bridgehead atoms. The van der Waals surface area contributed by atoms with E-state index < -0.39 is 0 Å². The molecule has 0 aliphatic rings. The van der Waals surface area contributed by atoms with Crippen LogP contribution in [0.25, 0.3) is 0 Å². The molecule has 1 amide bonds. The highest BCUT2D eigenvalue weighted by molar-refractivity contribution is 8.00. The van der Waals surface area contributed by atoms with Gasteiger partial charge in [0.05, 0.1) is 5.25 Å². The third-order valence-electron chi connectivity index (χ3n) is 2.71. The van der Waals surface area contributed by atoms with Gasteiger partial charge in [0.1, 0.15) is 0 Å². The molecule has 0 aliphatic carbocycles. The Bertz CT molecular complexity index is 560. The van der Waals surface area contributed by atoms with E-state index in [1.807, 2.05) is 43.3 Å².